The van der Waals surface area contributed by atoms with Crippen molar-refractivity contribution in [2.24, 2.45) is 0 Å². The average Bonchev–Trinajstić information content (AvgIpc) is 3.13. The van der Waals surface area contributed by atoms with Gasteiger partial charge >= 0.3 is 5.97 Å². The number of nitrogens with one attached hydrogen (secondary N) is 1. The SMILES string of the molecule is CCOC(=O)c1[nH]c2c(Br)c(Cl)ccc2c1CCCOc1cccc2ccccc12. The Hall–Kier alpha value is -2.50. The monoisotopic (exact) mass is 485 g/mol. The molecule has 0 spiro atoms. The van der Waals surface area contributed by atoms with Crippen LogP contribution in [-0.2, 0) is 11.2 Å². The zero-order valence-corrected chi connectivity index (χ0v) is 18.8. The molecule has 0 saturated carbocycles. The molecule has 0 unspecified atom stereocenters. The average molecular weight is 487 g/mol. The fraction of sp³-hybridized carbons (Fsp3) is 0.208. The Bertz CT molecular complexity index is 1210. The summed E-state index contributed by atoms with van der Waals surface area (Å²) in [5.74, 6) is 0.508. The summed E-state index contributed by atoms with van der Waals surface area (Å²) in [6.45, 7) is 2.66. The van der Waals surface area contributed by atoms with Crippen molar-refractivity contribution in [3.63, 3.8) is 0 Å². The van der Waals surface area contributed by atoms with Crippen LogP contribution in [0.4, 0.5) is 0 Å². The Kier molecular flexibility index (Phi) is 6.30. The van der Waals surface area contributed by atoms with Gasteiger partial charge in [0, 0.05) is 10.8 Å². The maximum atomic E-state index is 12.5. The summed E-state index contributed by atoms with van der Waals surface area (Å²) in [6.07, 6.45) is 1.43. The second kappa shape index (κ2) is 9.11. The maximum absolute atomic E-state index is 12.5. The quantitative estimate of drug-likeness (QED) is 0.228. The molecule has 0 bridgehead atoms. The first-order chi connectivity index (χ1) is 14.6. The number of ether oxygens (including phenoxy) is 2. The van der Waals surface area contributed by atoms with Crippen molar-refractivity contribution in [1.29, 1.82) is 0 Å². The smallest absolute Gasteiger partial charge is 0.355 e. The summed E-state index contributed by atoms with van der Waals surface area (Å²) in [7, 11) is 0. The number of carbonyl (C=O) groups excluding carboxylic acids is 1. The molecule has 0 saturated heterocycles. The van der Waals surface area contributed by atoms with Gasteiger partial charge in [-0.05, 0) is 58.8 Å². The molecular formula is C24H21BrClNO3. The number of fused-ring (bicyclic) bond motifs is 2. The van der Waals surface area contributed by atoms with Gasteiger partial charge in [0.25, 0.3) is 0 Å². The molecule has 4 nitrogen and oxygen atoms in total. The predicted octanol–water partition coefficient (Wildman–Crippen LogP) is 6.93. The third-order valence-electron chi connectivity index (χ3n) is 5.03. The molecule has 4 aromatic rings. The number of hydrogen-bond acceptors (Lipinski definition) is 3. The highest BCUT2D eigenvalue weighted by Crippen LogP contribution is 2.34. The summed E-state index contributed by atoms with van der Waals surface area (Å²) in [5.41, 5.74) is 2.19. The van der Waals surface area contributed by atoms with E-state index in [-0.39, 0.29) is 5.97 Å². The second-order valence-electron chi connectivity index (χ2n) is 6.91. The number of aryl methyl sites for hydroxylation is 1. The molecule has 0 radical (unpaired) electrons. The molecule has 0 atom stereocenters. The summed E-state index contributed by atoms with van der Waals surface area (Å²) in [5, 5.41) is 3.79. The summed E-state index contributed by atoms with van der Waals surface area (Å²) in [6, 6.07) is 18.0. The molecule has 30 heavy (non-hydrogen) atoms. The molecule has 0 fully saturated rings. The third kappa shape index (κ3) is 4.05. The van der Waals surface area contributed by atoms with E-state index < -0.39 is 0 Å². The number of carbonyl (C=O) groups is 1. The predicted molar refractivity (Wildman–Crippen MR) is 125 cm³/mol. The van der Waals surface area contributed by atoms with Gasteiger partial charge in [-0.1, -0.05) is 54.1 Å². The van der Waals surface area contributed by atoms with Gasteiger partial charge in [-0.2, -0.15) is 0 Å². The molecule has 1 N–H and O–H groups in total. The highest BCUT2D eigenvalue weighted by atomic mass is 79.9. The molecule has 0 aliphatic heterocycles. The van der Waals surface area contributed by atoms with E-state index in [0.29, 0.717) is 30.4 Å². The Morgan fingerprint density at radius 2 is 1.87 bits per heavy atom. The molecular weight excluding hydrogens is 466 g/mol. The minimum Gasteiger partial charge on any atom is -0.493 e. The number of esters is 1. The lowest BCUT2D eigenvalue weighted by Crippen LogP contribution is -2.09. The van der Waals surface area contributed by atoms with Gasteiger partial charge in [0.1, 0.15) is 11.4 Å². The third-order valence-corrected chi connectivity index (χ3v) is 6.40. The molecule has 154 valence electrons. The lowest BCUT2D eigenvalue weighted by molar-refractivity contribution is 0.0519. The van der Waals surface area contributed by atoms with Gasteiger partial charge in [-0.25, -0.2) is 4.79 Å². The van der Waals surface area contributed by atoms with Crippen molar-refractivity contribution >= 4 is 55.2 Å². The van der Waals surface area contributed by atoms with E-state index in [1.807, 2.05) is 36.4 Å². The van der Waals surface area contributed by atoms with Crippen molar-refractivity contribution in [3.05, 3.63) is 75.4 Å². The van der Waals surface area contributed by atoms with Gasteiger partial charge in [0.2, 0.25) is 0 Å². The molecule has 4 rings (SSSR count). The Balaban J connectivity index is 1.55. The highest BCUT2D eigenvalue weighted by Gasteiger charge is 2.20. The van der Waals surface area contributed by atoms with Gasteiger partial charge in [-0.3, -0.25) is 0 Å². The van der Waals surface area contributed by atoms with Gasteiger partial charge in [0.05, 0.1) is 28.2 Å². The normalized spacial score (nSPS) is 11.2. The number of aromatic nitrogens is 1. The van der Waals surface area contributed by atoms with Gasteiger partial charge < -0.3 is 14.5 Å². The van der Waals surface area contributed by atoms with Crippen LogP contribution in [0, 0.1) is 0 Å². The van der Waals surface area contributed by atoms with Crippen LogP contribution in [0.25, 0.3) is 21.7 Å². The molecule has 6 heteroatoms. The molecule has 1 heterocycles. The first-order valence-electron chi connectivity index (χ1n) is 9.86. The Labute approximate surface area is 188 Å². The van der Waals surface area contributed by atoms with E-state index in [1.165, 1.54) is 0 Å². The van der Waals surface area contributed by atoms with Crippen molar-refractivity contribution in [3.8, 4) is 5.75 Å². The zero-order chi connectivity index (χ0) is 21.1. The minimum absolute atomic E-state index is 0.319. The molecule has 0 aliphatic rings. The standard InChI is InChI=1S/C24H21BrClNO3/c1-2-29-24(28)23-17(18-12-13-19(26)21(25)22(18)27-23)10-6-14-30-20-11-5-8-15-7-3-4-9-16(15)20/h3-5,7-9,11-13,27H,2,6,10,14H2,1H3. The van der Waals surface area contributed by atoms with Crippen molar-refractivity contribution < 1.29 is 14.3 Å². The first kappa shape index (κ1) is 20.8. The van der Waals surface area contributed by atoms with Crippen LogP contribution >= 0.6 is 27.5 Å². The van der Waals surface area contributed by atoms with E-state index in [4.69, 9.17) is 21.1 Å². The summed E-state index contributed by atoms with van der Waals surface area (Å²) in [4.78, 5) is 15.7. The fourth-order valence-electron chi connectivity index (χ4n) is 3.65. The van der Waals surface area contributed by atoms with Crippen LogP contribution in [-0.4, -0.2) is 24.2 Å². The number of rotatable bonds is 7. The Morgan fingerprint density at radius 1 is 1.07 bits per heavy atom. The fourth-order valence-corrected chi connectivity index (χ4v) is 4.25. The second-order valence-corrected chi connectivity index (χ2v) is 8.11. The number of benzene rings is 3. The topological polar surface area (TPSA) is 51.3 Å². The number of aromatic amines is 1. The largest absolute Gasteiger partial charge is 0.493 e. The lowest BCUT2D eigenvalue weighted by atomic mass is 10.1. The Morgan fingerprint density at radius 3 is 2.70 bits per heavy atom. The van der Waals surface area contributed by atoms with Crippen molar-refractivity contribution in [2.75, 3.05) is 13.2 Å². The first-order valence-corrected chi connectivity index (χ1v) is 11.0. The summed E-state index contributed by atoms with van der Waals surface area (Å²) < 4.78 is 12.0. The summed E-state index contributed by atoms with van der Waals surface area (Å²) >= 11 is 9.74. The highest BCUT2D eigenvalue weighted by molar-refractivity contribution is 9.10. The van der Waals surface area contributed by atoms with Gasteiger partial charge in [-0.15, -0.1) is 0 Å². The van der Waals surface area contributed by atoms with Crippen LogP contribution in [0.5, 0.6) is 5.75 Å². The molecule has 0 aliphatic carbocycles. The van der Waals surface area contributed by atoms with Gasteiger partial charge in [0.15, 0.2) is 0 Å². The van der Waals surface area contributed by atoms with Crippen LogP contribution in [0.15, 0.2) is 59.1 Å². The van der Waals surface area contributed by atoms with Crippen LogP contribution in [0.3, 0.4) is 0 Å². The molecule has 3 aromatic carbocycles. The zero-order valence-electron chi connectivity index (χ0n) is 16.5. The van der Waals surface area contributed by atoms with Crippen molar-refractivity contribution in [1.82, 2.24) is 4.98 Å². The van der Waals surface area contributed by atoms with Crippen LogP contribution < -0.4 is 4.74 Å². The molecule has 0 amide bonds. The van der Waals surface area contributed by atoms with E-state index in [0.717, 1.165) is 43.9 Å². The lowest BCUT2D eigenvalue weighted by Gasteiger charge is -2.10. The van der Waals surface area contributed by atoms with E-state index >= 15 is 0 Å². The van der Waals surface area contributed by atoms with Crippen LogP contribution in [0.2, 0.25) is 5.02 Å². The maximum Gasteiger partial charge on any atom is 0.355 e. The van der Waals surface area contributed by atoms with E-state index in [1.54, 1.807) is 6.92 Å². The van der Waals surface area contributed by atoms with E-state index in [9.17, 15) is 4.79 Å². The number of hydrogen-bond donors (Lipinski definition) is 1. The number of halogens is 2. The number of H-pyrrole nitrogens is 1. The van der Waals surface area contributed by atoms with Crippen molar-refractivity contribution in [2.45, 2.75) is 19.8 Å². The van der Waals surface area contributed by atoms with E-state index in [2.05, 4.69) is 39.1 Å². The van der Waals surface area contributed by atoms with Crippen LogP contribution in [0.1, 0.15) is 29.4 Å². The minimum atomic E-state index is -0.360. The molecule has 1 aromatic heterocycles.